The van der Waals surface area contributed by atoms with Crippen LogP contribution in [0.2, 0.25) is 0 Å². The van der Waals surface area contributed by atoms with Gasteiger partial charge in [-0.1, -0.05) is 5.21 Å². The second-order valence-corrected chi connectivity index (χ2v) is 5.47. The maximum atomic E-state index is 11.7. The van der Waals surface area contributed by atoms with E-state index in [-0.39, 0.29) is 5.69 Å². The lowest BCUT2D eigenvalue weighted by Gasteiger charge is -2.20. The Bertz CT molecular complexity index is 471. The zero-order valence-corrected chi connectivity index (χ0v) is 11.2. The summed E-state index contributed by atoms with van der Waals surface area (Å²) in [6.07, 6.45) is 1.35. The summed E-state index contributed by atoms with van der Waals surface area (Å²) in [5.74, 6) is -1.16. The molecular formula is C11H18N4O3. The second-order valence-electron chi connectivity index (χ2n) is 5.47. The van der Waals surface area contributed by atoms with Crippen molar-refractivity contribution in [2.45, 2.75) is 45.8 Å². The van der Waals surface area contributed by atoms with E-state index in [1.807, 2.05) is 0 Å². The summed E-state index contributed by atoms with van der Waals surface area (Å²) in [5, 5.41) is 7.40. The zero-order valence-electron chi connectivity index (χ0n) is 11.2. The third kappa shape index (κ3) is 3.06. The van der Waals surface area contributed by atoms with Gasteiger partial charge in [0.2, 0.25) is 5.91 Å². The highest BCUT2D eigenvalue weighted by Gasteiger charge is 2.30. The normalized spacial score (nSPS) is 12.3. The van der Waals surface area contributed by atoms with Gasteiger partial charge >= 0.3 is 5.97 Å². The highest BCUT2D eigenvalue weighted by Crippen LogP contribution is 2.15. The first-order valence-electron chi connectivity index (χ1n) is 5.50. The number of aromatic nitrogens is 3. The maximum Gasteiger partial charge on any atom is 0.361 e. The van der Waals surface area contributed by atoms with Crippen molar-refractivity contribution in [3.8, 4) is 0 Å². The molecule has 1 heterocycles. The minimum absolute atomic E-state index is 0.0410. The fourth-order valence-electron chi connectivity index (χ4n) is 1.07. The number of hydrogen-bond donors (Lipinski definition) is 1. The van der Waals surface area contributed by atoms with Crippen LogP contribution in [0.3, 0.4) is 0 Å². The largest absolute Gasteiger partial charge is 0.455 e. The summed E-state index contributed by atoms with van der Waals surface area (Å²) >= 11 is 0. The average Bonchev–Trinajstić information content (AvgIpc) is 2.63. The van der Waals surface area contributed by atoms with Crippen molar-refractivity contribution in [3.05, 3.63) is 11.9 Å². The van der Waals surface area contributed by atoms with Gasteiger partial charge in [0.05, 0.1) is 6.20 Å². The van der Waals surface area contributed by atoms with Crippen molar-refractivity contribution >= 4 is 11.9 Å². The number of rotatable bonds is 3. The highest BCUT2D eigenvalue weighted by molar-refractivity contribution is 5.87. The molecule has 100 valence electrons. The monoisotopic (exact) mass is 254 g/mol. The molecule has 0 fully saturated rings. The first-order valence-corrected chi connectivity index (χ1v) is 5.50. The Kier molecular flexibility index (Phi) is 3.45. The van der Waals surface area contributed by atoms with E-state index in [0.29, 0.717) is 0 Å². The van der Waals surface area contributed by atoms with E-state index in [1.165, 1.54) is 10.9 Å². The molecule has 18 heavy (non-hydrogen) atoms. The highest BCUT2D eigenvalue weighted by atomic mass is 16.6. The first-order chi connectivity index (χ1) is 8.04. The Morgan fingerprint density at radius 2 is 1.83 bits per heavy atom. The molecule has 0 unspecified atom stereocenters. The quantitative estimate of drug-likeness (QED) is 0.789. The van der Waals surface area contributed by atoms with Crippen molar-refractivity contribution < 1.29 is 14.3 Å². The van der Waals surface area contributed by atoms with E-state index in [0.717, 1.165) is 0 Å². The Morgan fingerprint density at radius 1 is 1.28 bits per heavy atom. The zero-order chi connectivity index (χ0) is 14.1. The average molecular weight is 254 g/mol. The van der Waals surface area contributed by atoms with Crippen molar-refractivity contribution in [2.24, 2.45) is 5.73 Å². The number of amides is 1. The molecule has 0 aliphatic rings. The lowest BCUT2D eigenvalue weighted by atomic mass is 10.1. The summed E-state index contributed by atoms with van der Waals surface area (Å²) < 4.78 is 6.38. The lowest BCUT2D eigenvalue weighted by Crippen LogP contribution is -2.41. The SMILES string of the molecule is CC(C)(C)OC(=O)c1cn(C(C)(C)C(N)=O)nn1. The Labute approximate surface area is 105 Å². The van der Waals surface area contributed by atoms with Crippen molar-refractivity contribution in [3.63, 3.8) is 0 Å². The molecular weight excluding hydrogens is 236 g/mol. The van der Waals surface area contributed by atoms with E-state index < -0.39 is 23.0 Å². The van der Waals surface area contributed by atoms with Crippen LogP contribution in [0, 0.1) is 0 Å². The Morgan fingerprint density at radius 3 is 2.28 bits per heavy atom. The molecule has 0 spiro atoms. The van der Waals surface area contributed by atoms with Gasteiger partial charge in [-0.15, -0.1) is 5.10 Å². The van der Waals surface area contributed by atoms with Crippen LogP contribution in [0.15, 0.2) is 6.20 Å². The predicted octanol–water partition coefficient (Wildman–Crippen LogP) is 0.454. The Hall–Kier alpha value is -1.92. The number of nitrogens with two attached hydrogens (primary N) is 1. The van der Waals surface area contributed by atoms with Gasteiger partial charge in [0, 0.05) is 0 Å². The van der Waals surface area contributed by atoms with Crippen LogP contribution in [-0.4, -0.2) is 32.5 Å². The maximum absolute atomic E-state index is 11.7. The molecule has 0 aliphatic heterocycles. The van der Waals surface area contributed by atoms with Crippen LogP contribution in [0.1, 0.15) is 45.1 Å². The predicted molar refractivity (Wildman–Crippen MR) is 63.7 cm³/mol. The molecule has 1 rings (SSSR count). The molecule has 1 aromatic heterocycles. The number of carbonyl (C=O) groups is 2. The van der Waals surface area contributed by atoms with Crippen LogP contribution in [0.4, 0.5) is 0 Å². The van der Waals surface area contributed by atoms with Gasteiger partial charge in [0.15, 0.2) is 5.69 Å². The summed E-state index contributed by atoms with van der Waals surface area (Å²) in [6.45, 7) is 8.43. The number of esters is 1. The lowest BCUT2D eigenvalue weighted by molar-refractivity contribution is -0.125. The van der Waals surface area contributed by atoms with E-state index in [1.54, 1.807) is 34.6 Å². The number of primary amides is 1. The second kappa shape index (κ2) is 4.40. The van der Waals surface area contributed by atoms with Gasteiger partial charge in [0.1, 0.15) is 11.1 Å². The molecule has 0 saturated carbocycles. The van der Waals surface area contributed by atoms with Crippen molar-refractivity contribution in [2.75, 3.05) is 0 Å². The van der Waals surface area contributed by atoms with E-state index in [9.17, 15) is 9.59 Å². The number of carbonyl (C=O) groups excluding carboxylic acids is 2. The standard InChI is InChI=1S/C11H18N4O3/c1-10(2,3)18-8(16)7-6-15(14-13-7)11(4,5)9(12)17/h6H,1-5H3,(H2,12,17). The summed E-state index contributed by atoms with van der Waals surface area (Å²) in [6, 6.07) is 0. The molecule has 0 saturated heterocycles. The van der Waals surface area contributed by atoms with Gasteiger partial charge in [-0.25, -0.2) is 9.48 Å². The summed E-state index contributed by atoms with van der Waals surface area (Å²) in [7, 11) is 0. The fourth-order valence-corrected chi connectivity index (χ4v) is 1.07. The smallest absolute Gasteiger partial charge is 0.361 e. The third-order valence-electron chi connectivity index (χ3n) is 2.28. The van der Waals surface area contributed by atoms with Crippen molar-refractivity contribution in [1.82, 2.24) is 15.0 Å². The van der Waals surface area contributed by atoms with Gasteiger partial charge in [-0.05, 0) is 34.6 Å². The fraction of sp³-hybridized carbons (Fsp3) is 0.636. The van der Waals surface area contributed by atoms with Crippen LogP contribution in [0.25, 0.3) is 0 Å². The van der Waals surface area contributed by atoms with Crippen LogP contribution in [-0.2, 0) is 15.1 Å². The summed E-state index contributed by atoms with van der Waals surface area (Å²) in [5.41, 5.74) is 3.63. The topological polar surface area (TPSA) is 100 Å². The molecule has 0 atom stereocenters. The third-order valence-corrected chi connectivity index (χ3v) is 2.28. The summed E-state index contributed by atoms with van der Waals surface area (Å²) in [4.78, 5) is 23.0. The van der Waals surface area contributed by atoms with Gasteiger partial charge in [-0.2, -0.15) is 0 Å². The molecule has 7 nitrogen and oxygen atoms in total. The molecule has 0 bridgehead atoms. The van der Waals surface area contributed by atoms with Gasteiger partial charge in [0.25, 0.3) is 0 Å². The van der Waals surface area contributed by atoms with E-state index in [2.05, 4.69) is 10.3 Å². The number of ether oxygens (including phenoxy) is 1. The van der Waals surface area contributed by atoms with Crippen molar-refractivity contribution in [1.29, 1.82) is 0 Å². The Balaban J connectivity index is 2.94. The minimum Gasteiger partial charge on any atom is -0.455 e. The number of nitrogens with zero attached hydrogens (tertiary/aromatic N) is 3. The minimum atomic E-state index is -1.05. The number of hydrogen-bond acceptors (Lipinski definition) is 5. The van der Waals surface area contributed by atoms with E-state index >= 15 is 0 Å². The van der Waals surface area contributed by atoms with Crippen LogP contribution >= 0.6 is 0 Å². The molecule has 0 aromatic carbocycles. The van der Waals surface area contributed by atoms with Gasteiger partial charge < -0.3 is 10.5 Å². The molecule has 2 N–H and O–H groups in total. The van der Waals surface area contributed by atoms with Crippen LogP contribution < -0.4 is 5.73 Å². The molecule has 1 amide bonds. The molecule has 0 radical (unpaired) electrons. The van der Waals surface area contributed by atoms with Crippen LogP contribution in [0.5, 0.6) is 0 Å². The van der Waals surface area contributed by atoms with E-state index in [4.69, 9.17) is 10.5 Å². The molecule has 7 heteroatoms. The first kappa shape index (κ1) is 14.1. The molecule has 1 aromatic rings. The molecule has 0 aliphatic carbocycles. The van der Waals surface area contributed by atoms with Gasteiger partial charge in [-0.3, -0.25) is 4.79 Å².